The van der Waals surface area contributed by atoms with Gasteiger partial charge in [0.05, 0.1) is 12.1 Å². The van der Waals surface area contributed by atoms with Crippen LogP contribution in [-0.4, -0.2) is 54.6 Å². The van der Waals surface area contributed by atoms with Crippen molar-refractivity contribution in [3.8, 4) is 0 Å². The summed E-state index contributed by atoms with van der Waals surface area (Å²) in [4.78, 5) is 12.0. The molecule has 0 aromatic carbocycles. The van der Waals surface area contributed by atoms with Gasteiger partial charge >= 0.3 is 0 Å². The van der Waals surface area contributed by atoms with Crippen LogP contribution in [0.5, 0.6) is 0 Å². The van der Waals surface area contributed by atoms with E-state index in [1.54, 1.807) is 7.05 Å². The van der Waals surface area contributed by atoms with Gasteiger partial charge in [0.15, 0.2) is 5.03 Å². The molecule has 1 fully saturated rings. The topological polar surface area (TPSA) is 110 Å². The molecule has 9 heteroatoms. The van der Waals surface area contributed by atoms with Crippen LogP contribution in [0.1, 0.15) is 12.8 Å². The van der Waals surface area contributed by atoms with Crippen LogP contribution in [0, 0.1) is 5.92 Å². The van der Waals surface area contributed by atoms with Crippen LogP contribution in [0.3, 0.4) is 0 Å². The molecule has 1 unspecified atom stereocenters. The molecule has 1 aromatic rings. The summed E-state index contributed by atoms with van der Waals surface area (Å²) in [5.41, 5.74) is 5.35. The van der Waals surface area contributed by atoms with E-state index in [-0.39, 0.29) is 23.4 Å². The normalized spacial score (nSPS) is 20.4. The minimum atomic E-state index is -3.61. The zero-order valence-corrected chi connectivity index (χ0v) is 12.8. The molecule has 2 heterocycles. The molecular formula is C12H21N5O3S. The Labute approximate surface area is 124 Å². The van der Waals surface area contributed by atoms with Gasteiger partial charge in [0.2, 0.25) is 5.91 Å². The summed E-state index contributed by atoms with van der Waals surface area (Å²) in [6.45, 7) is 1.40. The van der Waals surface area contributed by atoms with E-state index >= 15 is 0 Å². The lowest BCUT2D eigenvalue weighted by molar-refractivity contribution is -0.126. The zero-order valence-electron chi connectivity index (χ0n) is 12.0. The van der Waals surface area contributed by atoms with E-state index < -0.39 is 10.0 Å². The van der Waals surface area contributed by atoms with Gasteiger partial charge in [-0.1, -0.05) is 0 Å². The lowest BCUT2D eigenvalue weighted by Crippen LogP contribution is -2.46. The quantitative estimate of drug-likeness (QED) is 0.716. The summed E-state index contributed by atoms with van der Waals surface area (Å²) in [6, 6.07) is 1.47. The Bertz CT molecular complexity index is 598. The number of hydrogen-bond donors (Lipinski definition) is 2. The molecule has 118 valence electrons. The number of sulfonamides is 1. The van der Waals surface area contributed by atoms with E-state index in [9.17, 15) is 13.2 Å². The average Bonchev–Trinajstić information content (AvgIpc) is 2.91. The average molecular weight is 315 g/mol. The molecule has 0 radical (unpaired) electrons. The van der Waals surface area contributed by atoms with Crippen molar-refractivity contribution in [1.82, 2.24) is 19.4 Å². The Morgan fingerprint density at radius 1 is 1.57 bits per heavy atom. The molecule has 8 nitrogen and oxygen atoms in total. The Morgan fingerprint density at radius 3 is 2.95 bits per heavy atom. The molecule has 0 bridgehead atoms. The molecule has 21 heavy (non-hydrogen) atoms. The Hall–Kier alpha value is -1.45. The lowest BCUT2D eigenvalue weighted by Gasteiger charge is -2.31. The first-order chi connectivity index (χ1) is 9.96. The largest absolute Gasteiger partial charge is 0.355 e. The van der Waals surface area contributed by atoms with Gasteiger partial charge in [0, 0.05) is 33.2 Å². The molecule has 0 saturated carbocycles. The van der Waals surface area contributed by atoms with Gasteiger partial charge in [-0.2, -0.15) is 9.40 Å². The minimum Gasteiger partial charge on any atom is -0.355 e. The number of hydrogen-bond acceptors (Lipinski definition) is 5. The van der Waals surface area contributed by atoms with Crippen molar-refractivity contribution in [2.75, 3.05) is 26.2 Å². The van der Waals surface area contributed by atoms with Crippen LogP contribution in [0.25, 0.3) is 0 Å². The molecule has 1 saturated heterocycles. The number of aromatic nitrogens is 2. The summed E-state index contributed by atoms with van der Waals surface area (Å²) in [6.07, 6.45) is 2.80. The number of amides is 1. The van der Waals surface area contributed by atoms with Crippen LogP contribution >= 0.6 is 0 Å². The maximum Gasteiger partial charge on any atom is 0.260 e. The number of aryl methyl sites for hydroxylation is 1. The van der Waals surface area contributed by atoms with Crippen LogP contribution in [-0.2, 0) is 21.9 Å². The number of nitrogens with zero attached hydrogens (tertiary/aromatic N) is 3. The monoisotopic (exact) mass is 315 g/mol. The molecule has 0 spiro atoms. The van der Waals surface area contributed by atoms with Gasteiger partial charge in [-0.25, -0.2) is 8.42 Å². The van der Waals surface area contributed by atoms with E-state index in [2.05, 4.69) is 10.4 Å². The first kappa shape index (κ1) is 15.9. The van der Waals surface area contributed by atoms with Gasteiger partial charge in [-0.3, -0.25) is 9.48 Å². The number of rotatable bonds is 5. The van der Waals surface area contributed by atoms with Crippen molar-refractivity contribution < 1.29 is 13.2 Å². The third kappa shape index (κ3) is 3.42. The number of carbonyl (C=O) groups excluding carboxylic acids is 1. The van der Waals surface area contributed by atoms with Gasteiger partial charge in [0.1, 0.15) is 0 Å². The first-order valence-corrected chi connectivity index (χ1v) is 8.36. The predicted molar refractivity (Wildman–Crippen MR) is 76.8 cm³/mol. The second-order valence-corrected chi connectivity index (χ2v) is 6.96. The third-order valence-electron chi connectivity index (χ3n) is 3.58. The van der Waals surface area contributed by atoms with Gasteiger partial charge in [0.25, 0.3) is 10.0 Å². The van der Waals surface area contributed by atoms with Crippen LogP contribution in [0.15, 0.2) is 17.3 Å². The zero-order chi connectivity index (χ0) is 15.5. The highest BCUT2D eigenvalue weighted by Gasteiger charge is 2.34. The number of carbonyl (C=O) groups is 1. The molecular weight excluding hydrogens is 294 g/mol. The SMILES string of the molecule is Cn1nccc1S(=O)(=O)N1CCCC(C(=O)NCCN)C1. The predicted octanol–water partition coefficient (Wildman–Crippen LogP) is -1.10. The van der Waals surface area contributed by atoms with Crippen molar-refractivity contribution in [1.29, 1.82) is 0 Å². The molecule has 1 amide bonds. The second-order valence-electron chi connectivity index (χ2n) is 5.07. The summed E-state index contributed by atoms with van der Waals surface area (Å²) in [7, 11) is -2.02. The number of nitrogens with one attached hydrogen (secondary N) is 1. The third-order valence-corrected chi connectivity index (χ3v) is 5.52. The van der Waals surface area contributed by atoms with E-state index in [4.69, 9.17) is 5.73 Å². The van der Waals surface area contributed by atoms with E-state index in [1.165, 1.54) is 21.3 Å². The molecule has 1 atom stereocenters. The van der Waals surface area contributed by atoms with Gasteiger partial charge < -0.3 is 11.1 Å². The van der Waals surface area contributed by atoms with E-state index in [0.29, 0.717) is 32.5 Å². The molecule has 0 aliphatic carbocycles. The number of nitrogens with two attached hydrogens (primary N) is 1. The highest BCUT2D eigenvalue weighted by Crippen LogP contribution is 2.23. The lowest BCUT2D eigenvalue weighted by atomic mass is 9.99. The van der Waals surface area contributed by atoms with E-state index in [0.717, 1.165) is 0 Å². The Balaban J connectivity index is 2.11. The molecule has 1 aromatic heterocycles. The molecule has 3 N–H and O–H groups in total. The summed E-state index contributed by atoms with van der Waals surface area (Å²) >= 11 is 0. The standard InChI is InChI=1S/C12H21N5O3S/c1-16-11(4-6-15-16)21(19,20)17-8-2-3-10(9-17)12(18)14-7-5-13/h4,6,10H,2-3,5,7-9,13H2,1H3,(H,14,18). The van der Waals surface area contributed by atoms with Crippen LogP contribution < -0.4 is 11.1 Å². The fourth-order valence-electron chi connectivity index (χ4n) is 2.46. The van der Waals surface area contributed by atoms with Crippen LogP contribution in [0.4, 0.5) is 0 Å². The summed E-state index contributed by atoms with van der Waals surface area (Å²) < 4.78 is 27.8. The van der Waals surface area contributed by atoms with Gasteiger partial charge in [-0.15, -0.1) is 0 Å². The number of piperidine rings is 1. The Kier molecular flexibility index (Phi) is 4.96. The van der Waals surface area contributed by atoms with Crippen molar-refractivity contribution in [2.45, 2.75) is 17.9 Å². The second kappa shape index (κ2) is 6.54. The highest BCUT2D eigenvalue weighted by atomic mass is 32.2. The maximum absolute atomic E-state index is 12.6. The van der Waals surface area contributed by atoms with E-state index in [1.807, 2.05) is 0 Å². The van der Waals surface area contributed by atoms with Crippen molar-refractivity contribution in [2.24, 2.45) is 18.7 Å². The molecule has 2 rings (SSSR count). The Morgan fingerprint density at radius 2 is 2.33 bits per heavy atom. The maximum atomic E-state index is 12.6. The first-order valence-electron chi connectivity index (χ1n) is 6.92. The molecule has 1 aliphatic heterocycles. The van der Waals surface area contributed by atoms with Crippen molar-refractivity contribution in [3.63, 3.8) is 0 Å². The van der Waals surface area contributed by atoms with Crippen molar-refractivity contribution >= 4 is 15.9 Å². The minimum absolute atomic E-state index is 0.134. The fraction of sp³-hybridized carbons (Fsp3) is 0.667. The van der Waals surface area contributed by atoms with Gasteiger partial charge in [-0.05, 0) is 18.9 Å². The fourth-order valence-corrected chi connectivity index (χ4v) is 4.09. The van der Waals surface area contributed by atoms with Crippen molar-refractivity contribution in [3.05, 3.63) is 12.3 Å². The molecule has 1 aliphatic rings. The highest BCUT2D eigenvalue weighted by molar-refractivity contribution is 7.89. The smallest absolute Gasteiger partial charge is 0.260 e. The summed E-state index contributed by atoms with van der Waals surface area (Å²) in [5, 5.41) is 6.75. The van der Waals surface area contributed by atoms with Crippen LogP contribution in [0.2, 0.25) is 0 Å². The summed E-state index contributed by atoms with van der Waals surface area (Å²) in [5.74, 6) is -0.460.